The van der Waals surface area contributed by atoms with Crippen molar-refractivity contribution in [3.63, 3.8) is 0 Å². The van der Waals surface area contributed by atoms with Crippen LogP contribution in [-0.4, -0.2) is 54.4 Å². The Kier molecular flexibility index (Phi) is 9.19. The number of hydrogen-bond donors (Lipinski definition) is 3. The zero-order valence-electron chi connectivity index (χ0n) is 22.6. The molecular weight excluding hydrogens is 510 g/mol. The van der Waals surface area contributed by atoms with E-state index in [4.69, 9.17) is 9.47 Å². The first-order valence-corrected chi connectivity index (χ1v) is 13.0. The van der Waals surface area contributed by atoms with Crippen molar-refractivity contribution in [3.8, 4) is 11.1 Å². The predicted octanol–water partition coefficient (Wildman–Crippen LogP) is 4.80. The fourth-order valence-electron chi connectivity index (χ4n) is 4.70. The molecule has 0 radical (unpaired) electrons. The lowest BCUT2D eigenvalue weighted by Gasteiger charge is -2.20. The van der Waals surface area contributed by atoms with Crippen LogP contribution in [0.1, 0.15) is 35.1 Å². The van der Waals surface area contributed by atoms with Crippen LogP contribution >= 0.6 is 0 Å². The van der Waals surface area contributed by atoms with Crippen LogP contribution in [0.2, 0.25) is 0 Å². The van der Waals surface area contributed by atoms with E-state index in [9.17, 15) is 19.5 Å². The van der Waals surface area contributed by atoms with Gasteiger partial charge in [-0.15, -0.1) is 0 Å². The van der Waals surface area contributed by atoms with Gasteiger partial charge < -0.3 is 30.1 Å². The first-order valence-electron chi connectivity index (χ1n) is 13.0. The van der Waals surface area contributed by atoms with Crippen LogP contribution in [0.25, 0.3) is 11.1 Å². The molecule has 0 saturated heterocycles. The van der Waals surface area contributed by atoms with Gasteiger partial charge in [0.2, 0.25) is 5.91 Å². The van der Waals surface area contributed by atoms with E-state index in [1.165, 1.54) is 11.0 Å². The molecule has 4 rings (SSSR count). The summed E-state index contributed by atoms with van der Waals surface area (Å²) in [4.78, 5) is 38.9. The maximum absolute atomic E-state index is 12.8. The van der Waals surface area contributed by atoms with Gasteiger partial charge in [-0.05, 0) is 52.4 Å². The number of ether oxygens (including phenoxy) is 2. The molecule has 0 aliphatic heterocycles. The predicted molar refractivity (Wildman–Crippen MR) is 152 cm³/mol. The molecule has 40 heavy (non-hydrogen) atoms. The summed E-state index contributed by atoms with van der Waals surface area (Å²) in [5.41, 5.74) is 6.15. The van der Waals surface area contributed by atoms with E-state index < -0.39 is 24.1 Å². The van der Waals surface area contributed by atoms with Crippen molar-refractivity contribution in [1.82, 2.24) is 10.2 Å². The highest BCUT2D eigenvalue weighted by Gasteiger charge is 2.29. The van der Waals surface area contributed by atoms with Gasteiger partial charge in [0.15, 0.2) is 0 Å². The largest absolute Gasteiger partial charge is 0.449 e. The summed E-state index contributed by atoms with van der Waals surface area (Å²) in [7, 11) is 1.57. The fourth-order valence-corrected chi connectivity index (χ4v) is 4.70. The molecule has 9 nitrogen and oxygen atoms in total. The van der Waals surface area contributed by atoms with Crippen molar-refractivity contribution >= 4 is 23.8 Å². The minimum atomic E-state index is -0.881. The number of aliphatic hydroxyl groups is 1. The van der Waals surface area contributed by atoms with E-state index in [1.54, 1.807) is 32.2 Å². The second kappa shape index (κ2) is 12.9. The highest BCUT2D eigenvalue weighted by Crippen LogP contribution is 2.44. The molecule has 1 atom stereocenters. The standard InChI is InChI=1S/C31H33N3O6/c1-4-15-39-31(38)34(3)17-22-16-23(14-13-21(22)18-35)33-29(36)20(2)32-30(37)40-19-28-26-11-7-5-9-24(26)25-10-6-8-12-27(25)28/h4-14,16,20,28,35H,1,15,17-19H2,2-3H3,(H,32,37)(H,33,36)/t20-/m0/s1. The van der Waals surface area contributed by atoms with Crippen LogP contribution in [0.15, 0.2) is 79.4 Å². The molecule has 3 N–H and O–H groups in total. The van der Waals surface area contributed by atoms with Gasteiger partial charge in [-0.3, -0.25) is 4.79 Å². The number of benzene rings is 3. The summed E-state index contributed by atoms with van der Waals surface area (Å²) >= 11 is 0. The van der Waals surface area contributed by atoms with E-state index >= 15 is 0 Å². The summed E-state index contributed by atoms with van der Waals surface area (Å²) in [5.74, 6) is -0.534. The van der Waals surface area contributed by atoms with Gasteiger partial charge in [0.25, 0.3) is 0 Å². The second-order valence-corrected chi connectivity index (χ2v) is 9.54. The lowest BCUT2D eigenvalue weighted by molar-refractivity contribution is -0.117. The molecular formula is C31H33N3O6. The third-order valence-electron chi connectivity index (χ3n) is 6.76. The van der Waals surface area contributed by atoms with Gasteiger partial charge in [0.05, 0.1) is 6.61 Å². The van der Waals surface area contributed by atoms with Crippen LogP contribution < -0.4 is 10.6 Å². The van der Waals surface area contributed by atoms with E-state index in [-0.39, 0.29) is 32.3 Å². The van der Waals surface area contributed by atoms with Crippen molar-refractivity contribution in [2.75, 3.05) is 25.6 Å². The third kappa shape index (κ3) is 6.50. The zero-order valence-corrected chi connectivity index (χ0v) is 22.6. The van der Waals surface area contributed by atoms with E-state index in [2.05, 4.69) is 29.3 Å². The number of carbonyl (C=O) groups is 3. The van der Waals surface area contributed by atoms with Crippen molar-refractivity contribution in [2.24, 2.45) is 0 Å². The molecule has 1 aliphatic rings. The van der Waals surface area contributed by atoms with Gasteiger partial charge in [-0.2, -0.15) is 0 Å². The third-order valence-corrected chi connectivity index (χ3v) is 6.76. The Hall–Kier alpha value is -4.63. The van der Waals surface area contributed by atoms with Crippen LogP contribution in [0.3, 0.4) is 0 Å². The number of amides is 3. The smallest absolute Gasteiger partial charge is 0.410 e. The number of fused-ring (bicyclic) bond motifs is 3. The summed E-state index contributed by atoms with van der Waals surface area (Å²) in [6.45, 7) is 5.22. The van der Waals surface area contributed by atoms with Crippen molar-refractivity contribution in [1.29, 1.82) is 0 Å². The number of alkyl carbamates (subject to hydrolysis) is 1. The molecule has 0 spiro atoms. The molecule has 0 bridgehead atoms. The SMILES string of the molecule is C=CCOC(=O)N(C)Cc1cc(NC(=O)[C@H](C)NC(=O)OCC2c3ccccc3-c3ccccc32)ccc1CO. The minimum absolute atomic E-state index is 0.0840. The van der Waals surface area contributed by atoms with E-state index in [0.29, 0.717) is 16.8 Å². The molecule has 0 fully saturated rings. The van der Waals surface area contributed by atoms with Crippen LogP contribution in [0, 0.1) is 0 Å². The maximum atomic E-state index is 12.8. The Labute approximate surface area is 233 Å². The minimum Gasteiger partial charge on any atom is -0.449 e. The van der Waals surface area contributed by atoms with E-state index in [0.717, 1.165) is 22.3 Å². The number of anilines is 1. The number of aliphatic hydroxyl groups excluding tert-OH is 1. The summed E-state index contributed by atoms with van der Waals surface area (Å²) in [6.07, 6.45) is 0.235. The monoisotopic (exact) mass is 543 g/mol. The van der Waals surface area contributed by atoms with Gasteiger partial charge in [0.1, 0.15) is 19.3 Å². The number of rotatable bonds is 10. The average molecular weight is 544 g/mol. The molecule has 208 valence electrons. The number of nitrogens with zero attached hydrogens (tertiary/aromatic N) is 1. The highest BCUT2D eigenvalue weighted by atomic mass is 16.6. The number of nitrogens with one attached hydrogen (secondary N) is 2. The van der Waals surface area contributed by atoms with Crippen molar-refractivity contribution in [3.05, 3.63) is 102 Å². The first kappa shape index (κ1) is 28.4. The summed E-state index contributed by atoms with van der Waals surface area (Å²) in [5, 5.41) is 15.1. The Bertz CT molecular complexity index is 1360. The molecule has 3 aromatic rings. The lowest BCUT2D eigenvalue weighted by atomic mass is 9.98. The summed E-state index contributed by atoms with van der Waals surface area (Å²) < 4.78 is 10.6. The van der Waals surface area contributed by atoms with Gasteiger partial charge in [-0.25, -0.2) is 9.59 Å². The Balaban J connectivity index is 1.34. The van der Waals surface area contributed by atoms with Gasteiger partial charge in [0, 0.05) is 25.2 Å². The van der Waals surface area contributed by atoms with Gasteiger partial charge in [-0.1, -0.05) is 67.3 Å². The normalized spacial score (nSPS) is 12.5. The second-order valence-electron chi connectivity index (χ2n) is 9.54. The Morgan fingerprint density at radius 2 is 1.65 bits per heavy atom. The van der Waals surface area contributed by atoms with Gasteiger partial charge >= 0.3 is 12.2 Å². The molecule has 0 unspecified atom stereocenters. The summed E-state index contributed by atoms with van der Waals surface area (Å²) in [6, 6.07) is 20.2. The molecule has 9 heteroatoms. The zero-order chi connectivity index (χ0) is 28.6. The van der Waals surface area contributed by atoms with Crippen LogP contribution in [0.4, 0.5) is 15.3 Å². The molecule has 0 heterocycles. The topological polar surface area (TPSA) is 117 Å². The first-order chi connectivity index (χ1) is 19.3. The molecule has 1 aliphatic carbocycles. The quantitative estimate of drug-likeness (QED) is 0.316. The van der Waals surface area contributed by atoms with Crippen molar-refractivity contribution in [2.45, 2.75) is 32.0 Å². The molecule has 3 amide bonds. The fraction of sp³-hybridized carbons (Fsp3) is 0.258. The Morgan fingerprint density at radius 1 is 1.00 bits per heavy atom. The maximum Gasteiger partial charge on any atom is 0.410 e. The Morgan fingerprint density at radius 3 is 2.27 bits per heavy atom. The van der Waals surface area contributed by atoms with Crippen LogP contribution in [0.5, 0.6) is 0 Å². The molecule has 0 saturated carbocycles. The number of carbonyl (C=O) groups excluding carboxylic acids is 3. The average Bonchev–Trinajstić information content (AvgIpc) is 3.28. The molecule has 3 aromatic carbocycles. The lowest BCUT2D eigenvalue weighted by Crippen LogP contribution is -2.42. The van der Waals surface area contributed by atoms with Crippen LogP contribution in [-0.2, 0) is 27.4 Å². The number of hydrogen-bond acceptors (Lipinski definition) is 6. The van der Waals surface area contributed by atoms with E-state index in [1.807, 2.05) is 36.4 Å². The van der Waals surface area contributed by atoms with Crippen molar-refractivity contribution < 1.29 is 29.0 Å². The highest BCUT2D eigenvalue weighted by molar-refractivity contribution is 5.96. The molecule has 0 aromatic heterocycles.